The van der Waals surface area contributed by atoms with Gasteiger partial charge in [-0.15, -0.1) is 11.3 Å². The summed E-state index contributed by atoms with van der Waals surface area (Å²) in [6, 6.07) is 61.4. The molecule has 1 aliphatic rings. The van der Waals surface area contributed by atoms with Crippen LogP contribution in [0.25, 0.3) is 37.4 Å². The molecule has 1 aromatic heterocycles. The van der Waals surface area contributed by atoms with E-state index in [4.69, 9.17) is 0 Å². The molecule has 0 amide bonds. The number of nitrogens with zero attached hydrogens (tertiary/aromatic N) is 2. The van der Waals surface area contributed by atoms with Crippen LogP contribution in [0.2, 0.25) is 0 Å². The van der Waals surface area contributed by atoms with Gasteiger partial charge in [-0.05, 0) is 84.1 Å². The van der Waals surface area contributed by atoms with Gasteiger partial charge in [0.15, 0.2) is 0 Å². The molecule has 0 radical (unpaired) electrons. The first-order chi connectivity index (χ1) is 24.3. The Morgan fingerprint density at radius 3 is 1.71 bits per heavy atom. The Kier molecular flexibility index (Phi) is 7.53. The molecule has 1 heterocycles. The van der Waals surface area contributed by atoms with E-state index in [0.717, 1.165) is 47.0 Å². The molecule has 0 unspecified atom stereocenters. The maximum atomic E-state index is 2.46. The Morgan fingerprint density at radius 2 is 1.04 bits per heavy atom. The second-order valence-corrected chi connectivity index (χ2v) is 13.5. The molecular formula is C46H34N2S. The minimum absolute atomic E-state index is 1.10. The summed E-state index contributed by atoms with van der Waals surface area (Å²) in [6.07, 6.45) is 6.87. The predicted octanol–water partition coefficient (Wildman–Crippen LogP) is 13.6. The normalized spacial score (nSPS) is 12.2. The first-order valence-corrected chi connectivity index (χ1v) is 17.7. The summed E-state index contributed by atoms with van der Waals surface area (Å²) in [5, 5.41) is 2.59. The van der Waals surface area contributed by atoms with E-state index in [9.17, 15) is 0 Å². The smallest absolute Gasteiger partial charge is 0.0716 e. The summed E-state index contributed by atoms with van der Waals surface area (Å²) in [7, 11) is 0. The van der Waals surface area contributed by atoms with Crippen LogP contribution in [0, 0.1) is 0 Å². The number of rotatable bonds is 7. The zero-order valence-electron chi connectivity index (χ0n) is 27.0. The van der Waals surface area contributed by atoms with Crippen molar-refractivity contribution in [1.82, 2.24) is 0 Å². The van der Waals surface area contributed by atoms with Crippen LogP contribution in [0.15, 0.2) is 176 Å². The highest BCUT2D eigenvalue weighted by Gasteiger charge is 2.26. The van der Waals surface area contributed by atoms with Crippen molar-refractivity contribution in [2.24, 2.45) is 0 Å². The third-order valence-electron chi connectivity index (χ3n) is 9.48. The van der Waals surface area contributed by atoms with Crippen molar-refractivity contribution in [1.29, 1.82) is 0 Å². The summed E-state index contributed by atoms with van der Waals surface area (Å²) < 4.78 is 2.65. The average molecular weight is 647 g/mol. The molecular weight excluding hydrogens is 613 g/mol. The van der Waals surface area contributed by atoms with Gasteiger partial charge in [-0.1, -0.05) is 127 Å². The molecule has 49 heavy (non-hydrogen) atoms. The molecule has 1 aliphatic carbocycles. The second kappa shape index (κ2) is 12.6. The van der Waals surface area contributed by atoms with Crippen LogP contribution in [0.5, 0.6) is 0 Å². The second-order valence-electron chi connectivity index (χ2n) is 12.5. The summed E-state index contributed by atoms with van der Waals surface area (Å²) >= 11 is 1.91. The molecule has 0 atom stereocenters. The number of anilines is 6. The molecule has 3 heteroatoms. The van der Waals surface area contributed by atoms with Crippen molar-refractivity contribution >= 4 is 71.7 Å². The molecule has 8 aromatic rings. The molecule has 0 fully saturated rings. The molecule has 0 bridgehead atoms. The van der Waals surface area contributed by atoms with Gasteiger partial charge in [0.2, 0.25) is 0 Å². The minimum Gasteiger partial charge on any atom is -0.308 e. The maximum Gasteiger partial charge on any atom is 0.0716 e. The maximum absolute atomic E-state index is 2.46. The van der Waals surface area contributed by atoms with Crippen LogP contribution < -0.4 is 9.80 Å². The van der Waals surface area contributed by atoms with Gasteiger partial charge in [-0.3, -0.25) is 0 Å². The molecule has 0 saturated heterocycles. The highest BCUT2D eigenvalue weighted by atomic mass is 32.1. The van der Waals surface area contributed by atoms with Gasteiger partial charge < -0.3 is 9.80 Å². The van der Waals surface area contributed by atoms with Crippen molar-refractivity contribution in [2.75, 3.05) is 9.80 Å². The minimum atomic E-state index is 1.10. The van der Waals surface area contributed by atoms with Crippen LogP contribution in [0.1, 0.15) is 17.5 Å². The third kappa shape index (κ3) is 5.29. The Bertz CT molecular complexity index is 2390. The molecule has 234 valence electrons. The molecule has 0 aliphatic heterocycles. The van der Waals surface area contributed by atoms with E-state index in [2.05, 4.69) is 192 Å². The monoisotopic (exact) mass is 646 g/mol. The van der Waals surface area contributed by atoms with Gasteiger partial charge in [0.25, 0.3) is 0 Å². The summed E-state index contributed by atoms with van der Waals surface area (Å²) in [5.41, 5.74) is 11.9. The number of allylic oxidation sites excluding steroid dienone is 1. The number of para-hydroxylation sites is 4. The fraction of sp³-hybridized carbons (Fsp3) is 0.0435. The fourth-order valence-electron chi connectivity index (χ4n) is 7.22. The highest BCUT2D eigenvalue weighted by Crippen LogP contribution is 2.51. The topological polar surface area (TPSA) is 6.48 Å². The first-order valence-electron chi connectivity index (χ1n) is 16.9. The molecule has 7 aromatic carbocycles. The van der Waals surface area contributed by atoms with Crippen molar-refractivity contribution in [3.05, 3.63) is 187 Å². The van der Waals surface area contributed by atoms with Crippen LogP contribution in [0.4, 0.5) is 34.1 Å². The Balaban J connectivity index is 1.40. The van der Waals surface area contributed by atoms with E-state index in [1.807, 2.05) is 11.3 Å². The SMILES string of the molecule is C1=Cc2c(ccc3c2sc2cc(N(c4ccccc4)c4ccccc4)c(N(c4ccccc4)c4ccccc4-c4ccccc4)cc23)CC1. The molecule has 2 nitrogen and oxygen atoms in total. The molecule has 0 saturated carbocycles. The quantitative estimate of drug-likeness (QED) is 0.170. The summed E-state index contributed by atoms with van der Waals surface area (Å²) in [4.78, 5) is 4.87. The standard InChI is InChI=1S/C46H34N2S/c1-5-17-33(18-6-1)38-26-15-16-28-42(38)48(37-24-11-4-12-25-37)43-31-41-40-30-29-34-19-13-14-27-39(34)46(40)49-45(41)32-44(43)47(35-20-7-2-8-21-35)36-22-9-3-10-23-36/h1-12,14-18,20-32H,13,19H2. The largest absolute Gasteiger partial charge is 0.308 e. The lowest BCUT2D eigenvalue weighted by Crippen LogP contribution is -2.17. The van der Waals surface area contributed by atoms with E-state index in [1.165, 1.54) is 42.4 Å². The van der Waals surface area contributed by atoms with E-state index >= 15 is 0 Å². The third-order valence-corrected chi connectivity index (χ3v) is 10.7. The Morgan fingerprint density at radius 1 is 0.469 bits per heavy atom. The van der Waals surface area contributed by atoms with Crippen molar-refractivity contribution in [3.8, 4) is 11.1 Å². The van der Waals surface area contributed by atoms with E-state index < -0.39 is 0 Å². The Labute approximate surface area is 291 Å². The van der Waals surface area contributed by atoms with E-state index in [0.29, 0.717) is 0 Å². The fourth-order valence-corrected chi connectivity index (χ4v) is 8.49. The van der Waals surface area contributed by atoms with Gasteiger partial charge in [0.1, 0.15) is 0 Å². The molecule has 9 rings (SSSR count). The summed E-state index contributed by atoms with van der Waals surface area (Å²) in [6.45, 7) is 0. The highest BCUT2D eigenvalue weighted by molar-refractivity contribution is 7.26. The number of benzene rings is 7. The van der Waals surface area contributed by atoms with E-state index in [-0.39, 0.29) is 0 Å². The number of fused-ring (bicyclic) bond motifs is 5. The van der Waals surface area contributed by atoms with Crippen molar-refractivity contribution < 1.29 is 0 Å². The lowest BCUT2D eigenvalue weighted by Gasteiger charge is -2.34. The zero-order chi connectivity index (χ0) is 32.6. The van der Waals surface area contributed by atoms with Crippen LogP contribution in [0.3, 0.4) is 0 Å². The van der Waals surface area contributed by atoms with E-state index in [1.54, 1.807) is 0 Å². The first kappa shape index (κ1) is 29.3. The zero-order valence-corrected chi connectivity index (χ0v) is 27.9. The molecule has 0 N–H and O–H groups in total. The van der Waals surface area contributed by atoms with Gasteiger partial charge in [-0.25, -0.2) is 0 Å². The van der Waals surface area contributed by atoms with Crippen LogP contribution in [-0.2, 0) is 6.42 Å². The Hall–Kier alpha value is -5.90. The van der Waals surface area contributed by atoms with Crippen molar-refractivity contribution in [2.45, 2.75) is 12.8 Å². The number of hydrogen-bond acceptors (Lipinski definition) is 3. The number of aryl methyl sites for hydroxylation is 1. The number of hydrogen-bond donors (Lipinski definition) is 0. The molecule has 0 spiro atoms. The van der Waals surface area contributed by atoms with Gasteiger partial charge in [-0.2, -0.15) is 0 Å². The van der Waals surface area contributed by atoms with Gasteiger partial charge in [0.05, 0.1) is 17.1 Å². The van der Waals surface area contributed by atoms with Gasteiger partial charge in [0, 0.05) is 42.8 Å². The van der Waals surface area contributed by atoms with Gasteiger partial charge >= 0.3 is 0 Å². The number of thiophene rings is 1. The summed E-state index contributed by atoms with van der Waals surface area (Å²) in [5.74, 6) is 0. The van der Waals surface area contributed by atoms with Crippen LogP contribution in [-0.4, -0.2) is 0 Å². The van der Waals surface area contributed by atoms with Crippen molar-refractivity contribution in [3.63, 3.8) is 0 Å². The lowest BCUT2D eigenvalue weighted by atomic mass is 9.95. The lowest BCUT2D eigenvalue weighted by molar-refractivity contribution is 0.990. The van der Waals surface area contributed by atoms with Crippen LogP contribution >= 0.6 is 11.3 Å². The predicted molar refractivity (Wildman–Crippen MR) is 211 cm³/mol. The average Bonchev–Trinajstić information content (AvgIpc) is 3.55.